The molecule has 1 aromatic heterocycles. The van der Waals surface area contributed by atoms with E-state index in [0.717, 1.165) is 37.2 Å². The molecule has 0 aliphatic carbocycles. The predicted molar refractivity (Wildman–Crippen MR) is 73.1 cm³/mol. The van der Waals surface area contributed by atoms with Gasteiger partial charge in [0.15, 0.2) is 0 Å². The van der Waals surface area contributed by atoms with Crippen LogP contribution in [-0.4, -0.2) is 41.0 Å². The molecule has 1 atom stereocenters. The fraction of sp³-hybridized carbons (Fsp3) is 0.714. The van der Waals surface area contributed by atoms with Crippen LogP contribution in [-0.2, 0) is 6.54 Å². The number of nitrogens with one attached hydrogen (secondary N) is 1. The van der Waals surface area contributed by atoms with Gasteiger partial charge in [-0.15, -0.1) is 0 Å². The molecule has 1 fully saturated rings. The highest BCUT2D eigenvalue weighted by Gasteiger charge is 2.22. The second-order valence-electron chi connectivity index (χ2n) is 5.64. The van der Waals surface area contributed by atoms with Gasteiger partial charge < -0.3 is 5.32 Å². The van der Waals surface area contributed by atoms with E-state index >= 15 is 0 Å². The van der Waals surface area contributed by atoms with Crippen molar-refractivity contribution >= 4 is 0 Å². The van der Waals surface area contributed by atoms with Crippen LogP contribution in [0.5, 0.6) is 0 Å². The summed E-state index contributed by atoms with van der Waals surface area (Å²) in [6, 6.07) is 2.00. The van der Waals surface area contributed by atoms with Crippen molar-refractivity contribution in [2.75, 3.05) is 26.2 Å². The summed E-state index contributed by atoms with van der Waals surface area (Å²) in [4.78, 5) is 10.7. The Hall–Kier alpha value is -1.00. The molecule has 1 aromatic rings. The van der Waals surface area contributed by atoms with Gasteiger partial charge in [0, 0.05) is 19.3 Å². The summed E-state index contributed by atoms with van der Waals surface area (Å²) in [5, 5.41) is 3.56. The van der Waals surface area contributed by atoms with Crippen molar-refractivity contribution in [2.24, 2.45) is 11.8 Å². The van der Waals surface area contributed by atoms with E-state index in [-0.39, 0.29) is 0 Å². The zero-order valence-corrected chi connectivity index (χ0v) is 11.5. The van der Waals surface area contributed by atoms with E-state index in [9.17, 15) is 0 Å². The first-order valence-corrected chi connectivity index (χ1v) is 6.92. The SMILES string of the molecule is CC(C)CNCC1CCN(Cc2ccncn2)C1. The van der Waals surface area contributed by atoms with Gasteiger partial charge in [0.1, 0.15) is 6.33 Å². The predicted octanol–water partition coefficient (Wildman–Crippen LogP) is 1.54. The summed E-state index contributed by atoms with van der Waals surface area (Å²) in [6.07, 6.45) is 4.75. The molecule has 4 nitrogen and oxygen atoms in total. The topological polar surface area (TPSA) is 41.0 Å². The Bertz CT molecular complexity index is 339. The Morgan fingerprint density at radius 2 is 2.39 bits per heavy atom. The molecule has 2 rings (SSSR count). The first-order chi connectivity index (χ1) is 8.74. The number of hydrogen-bond donors (Lipinski definition) is 1. The molecule has 0 amide bonds. The Kier molecular flexibility index (Phi) is 5.08. The summed E-state index contributed by atoms with van der Waals surface area (Å²) in [5.41, 5.74) is 1.13. The molecule has 4 heteroatoms. The maximum atomic E-state index is 4.28. The monoisotopic (exact) mass is 248 g/mol. The summed E-state index contributed by atoms with van der Waals surface area (Å²) in [7, 11) is 0. The Morgan fingerprint density at radius 1 is 1.50 bits per heavy atom. The molecule has 0 saturated carbocycles. The number of likely N-dealkylation sites (tertiary alicyclic amines) is 1. The standard InChI is InChI=1S/C14H24N4/c1-12(2)7-16-8-13-4-6-18(9-13)10-14-3-5-15-11-17-14/h3,5,11-13,16H,4,6-10H2,1-2H3. The van der Waals surface area contributed by atoms with E-state index in [1.807, 2.05) is 12.3 Å². The lowest BCUT2D eigenvalue weighted by atomic mass is 10.1. The molecule has 1 unspecified atom stereocenters. The van der Waals surface area contributed by atoms with Gasteiger partial charge >= 0.3 is 0 Å². The minimum absolute atomic E-state index is 0.739. The lowest BCUT2D eigenvalue weighted by Crippen LogP contribution is -2.28. The summed E-state index contributed by atoms with van der Waals surface area (Å²) in [5.74, 6) is 1.54. The molecular weight excluding hydrogens is 224 g/mol. The largest absolute Gasteiger partial charge is 0.316 e. The van der Waals surface area contributed by atoms with E-state index in [4.69, 9.17) is 0 Å². The zero-order chi connectivity index (χ0) is 12.8. The summed E-state index contributed by atoms with van der Waals surface area (Å²) < 4.78 is 0. The molecule has 1 aliphatic heterocycles. The lowest BCUT2D eigenvalue weighted by molar-refractivity contribution is 0.309. The van der Waals surface area contributed by atoms with Crippen LogP contribution in [0.25, 0.3) is 0 Å². The van der Waals surface area contributed by atoms with E-state index in [0.29, 0.717) is 0 Å². The first-order valence-electron chi connectivity index (χ1n) is 6.92. The van der Waals surface area contributed by atoms with E-state index in [1.54, 1.807) is 6.33 Å². The van der Waals surface area contributed by atoms with Crippen LogP contribution in [0.15, 0.2) is 18.6 Å². The normalized spacial score (nSPS) is 20.7. The molecule has 1 N–H and O–H groups in total. The average Bonchev–Trinajstić information content (AvgIpc) is 2.78. The number of nitrogens with zero attached hydrogens (tertiary/aromatic N) is 3. The van der Waals surface area contributed by atoms with Crippen molar-refractivity contribution in [2.45, 2.75) is 26.8 Å². The Labute approximate surface area is 110 Å². The van der Waals surface area contributed by atoms with Crippen molar-refractivity contribution in [3.63, 3.8) is 0 Å². The third kappa shape index (κ3) is 4.35. The molecule has 0 spiro atoms. The fourth-order valence-electron chi connectivity index (χ4n) is 2.44. The number of aromatic nitrogens is 2. The van der Waals surface area contributed by atoms with E-state index < -0.39 is 0 Å². The van der Waals surface area contributed by atoms with Crippen LogP contribution in [0, 0.1) is 11.8 Å². The van der Waals surface area contributed by atoms with Crippen molar-refractivity contribution in [1.29, 1.82) is 0 Å². The second-order valence-corrected chi connectivity index (χ2v) is 5.64. The first kappa shape index (κ1) is 13.4. The molecular formula is C14H24N4. The lowest BCUT2D eigenvalue weighted by Gasteiger charge is -2.16. The van der Waals surface area contributed by atoms with Crippen molar-refractivity contribution in [3.8, 4) is 0 Å². The van der Waals surface area contributed by atoms with Gasteiger partial charge in [0.25, 0.3) is 0 Å². The van der Waals surface area contributed by atoms with Gasteiger partial charge in [0.2, 0.25) is 0 Å². The third-order valence-electron chi connectivity index (χ3n) is 3.38. The minimum atomic E-state index is 0.739. The highest BCUT2D eigenvalue weighted by molar-refractivity contribution is 4.98. The fourth-order valence-corrected chi connectivity index (χ4v) is 2.44. The highest BCUT2D eigenvalue weighted by atomic mass is 15.2. The number of hydrogen-bond acceptors (Lipinski definition) is 4. The third-order valence-corrected chi connectivity index (χ3v) is 3.38. The number of rotatable bonds is 6. The minimum Gasteiger partial charge on any atom is -0.316 e. The Morgan fingerprint density at radius 3 is 3.11 bits per heavy atom. The maximum Gasteiger partial charge on any atom is 0.115 e. The van der Waals surface area contributed by atoms with Crippen LogP contribution < -0.4 is 5.32 Å². The molecule has 0 aromatic carbocycles. The van der Waals surface area contributed by atoms with E-state index in [1.165, 1.54) is 19.5 Å². The summed E-state index contributed by atoms with van der Waals surface area (Å²) >= 11 is 0. The van der Waals surface area contributed by atoms with Gasteiger partial charge in [-0.1, -0.05) is 13.8 Å². The van der Waals surface area contributed by atoms with Crippen LogP contribution in [0.2, 0.25) is 0 Å². The zero-order valence-electron chi connectivity index (χ0n) is 11.5. The molecule has 18 heavy (non-hydrogen) atoms. The Balaban J connectivity index is 1.69. The maximum absolute atomic E-state index is 4.28. The highest BCUT2D eigenvalue weighted by Crippen LogP contribution is 2.17. The van der Waals surface area contributed by atoms with Crippen LogP contribution in [0.4, 0.5) is 0 Å². The quantitative estimate of drug-likeness (QED) is 0.829. The smallest absolute Gasteiger partial charge is 0.115 e. The van der Waals surface area contributed by atoms with E-state index in [2.05, 4.69) is 34.0 Å². The second kappa shape index (κ2) is 6.81. The van der Waals surface area contributed by atoms with Gasteiger partial charge in [-0.2, -0.15) is 0 Å². The van der Waals surface area contributed by atoms with Crippen LogP contribution >= 0.6 is 0 Å². The molecule has 0 bridgehead atoms. The average molecular weight is 248 g/mol. The molecule has 1 aliphatic rings. The molecule has 1 saturated heterocycles. The van der Waals surface area contributed by atoms with Gasteiger partial charge in [-0.05, 0) is 44.0 Å². The van der Waals surface area contributed by atoms with Gasteiger partial charge in [0.05, 0.1) is 5.69 Å². The molecule has 100 valence electrons. The van der Waals surface area contributed by atoms with Crippen molar-refractivity contribution < 1.29 is 0 Å². The van der Waals surface area contributed by atoms with Crippen LogP contribution in [0.1, 0.15) is 26.0 Å². The van der Waals surface area contributed by atoms with Crippen LogP contribution in [0.3, 0.4) is 0 Å². The van der Waals surface area contributed by atoms with Gasteiger partial charge in [-0.3, -0.25) is 4.90 Å². The van der Waals surface area contributed by atoms with Crippen molar-refractivity contribution in [1.82, 2.24) is 20.2 Å². The molecule has 2 heterocycles. The molecule has 0 radical (unpaired) electrons. The summed E-state index contributed by atoms with van der Waals surface area (Å²) in [6.45, 7) is 10.1. The van der Waals surface area contributed by atoms with Gasteiger partial charge in [-0.25, -0.2) is 9.97 Å². The van der Waals surface area contributed by atoms with Crippen molar-refractivity contribution in [3.05, 3.63) is 24.3 Å².